The molecule has 1 heterocycles. The zero-order valence-corrected chi connectivity index (χ0v) is 26.1. The molecule has 1 atom stereocenters. The molecule has 2 N–H and O–H groups in total. The second kappa shape index (κ2) is 11.1. The van der Waals surface area contributed by atoms with Crippen molar-refractivity contribution >= 4 is 16.5 Å². The summed E-state index contributed by atoms with van der Waals surface area (Å²) in [7, 11) is 0. The normalized spacial score (nSPS) is 14.8. The van der Waals surface area contributed by atoms with Crippen LogP contribution in [0.2, 0.25) is 0 Å². The second-order valence-electron chi connectivity index (χ2n) is 12.3. The first-order valence-electron chi connectivity index (χ1n) is 16.2. The van der Waals surface area contributed by atoms with E-state index in [0.717, 1.165) is 33.2 Å². The van der Waals surface area contributed by atoms with E-state index in [0.29, 0.717) is 17.5 Å². The molecule has 1 aromatic heterocycles. The molecular formula is C44H30N4. The van der Waals surface area contributed by atoms with Crippen LogP contribution in [0, 0.1) is 0 Å². The van der Waals surface area contributed by atoms with E-state index in [1.165, 1.54) is 33.4 Å². The molecule has 0 saturated heterocycles. The predicted molar refractivity (Wildman–Crippen MR) is 195 cm³/mol. The van der Waals surface area contributed by atoms with E-state index in [4.69, 9.17) is 20.7 Å². The molecule has 48 heavy (non-hydrogen) atoms. The summed E-state index contributed by atoms with van der Waals surface area (Å²) >= 11 is 0. The van der Waals surface area contributed by atoms with E-state index in [1.807, 2.05) is 72.8 Å². The third-order valence-electron chi connectivity index (χ3n) is 9.51. The first-order valence-corrected chi connectivity index (χ1v) is 16.2. The number of rotatable bonds is 5. The van der Waals surface area contributed by atoms with Crippen molar-refractivity contribution in [3.63, 3.8) is 0 Å². The molecule has 1 aliphatic carbocycles. The largest absolute Gasteiger partial charge is 0.399 e. The molecule has 1 unspecified atom stereocenters. The third kappa shape index (κ3) is 4.42. The number of nitrogen functional groups attached to an aromatic ring is 1. The Morgan fingerprint density at radius 3 is 1.56 bits per heavy atom. The molecule has 0 spiro atoms. The molecule has 0 radical (unpaired) electrons. The Kier molecular flexibility index (Phi) is 6.47. The SMILES string of the molecule is Nc1ccc(C2(c3ccccc3)c3ccccc3-c3cc4ccc(-c5nc(-c6ccccc6)nc(-c6ccccc6)n5)cc4cc32)cc1. The predicted octanol–water partition coefficient (Wildman–Crippen LogP) is 9.97. The van der Waals surface area contributed by atoms with Crippen LogP contribution >= 0.6 is 0 Å². The van der Waals surface area contributed by atoms with Gasteiger partial charge in [0.2, 0.25) is 0 Å². The molecule has 0 aliphatic heterocycles. The van der Waals surface area contributed by atoms with Crippen molar-refractivity contribution in [2.75, 3.05) is 5.73 Å². The maximum atomic E-state index is 6.22. The van der Waals surface area contributed by atoms with Gasteiger partial charge >= 0.3 is 0 Å². The summed E-state index contributed by atoms with van der Waals surface area (Å²) < 4.78 is 0. The van der Waals surface area contributed by atoms with E-state index in [9.17, 15) is 0 Å². The van der Waals surface area contributed by atoms with Crippen molar-refractivity contribution in [1.82, 2.24) is 15.0 Å². The van der Waals surface area contributed by atoms with Gasteiger partial charge < -0.3 is 5.73 Å². The maximum Gasteiger partial charge on any atom is 0.164 e. The van der Waals surface area contributed by atoms with Crippen LogP contribution in [0.15, 0.2) is 170 Å². The number of fused-ring (bicyclic) bond motifs is 4. The van der Waals surface area contributed by atoms with E-state index < -0.39 is 5.41 Å². The Morgan fingerprint density at radius 2 is 0.917 bits per heavy atom. The van der Waals surface area contributed by atoms with Crippen LogP contribution in [0.4, 0.5) is 5.69 Å². The van der Waals surface area contributed by atoms with Crippen molar-refractivity contribution in [3.8, 4) is 45.3 Å². The highest BCUT2D eigenvalue weighted by atomic mass is 15.0. The van der Waals surface area contributed by atoms with Gasteiger partial charge in [-0.15, -0.1) is 0 Å². The Balaban J connectivity index is 1.29. The lowest BCUT2D eigenvalue weighted by Crippen LogP contribution is -2.28. The Morgan fingerprint density at radius 1 is 0.375 bits per heavy atom. The summed E-state index contributed by atoms with van der Waals surface area (Å²) in [6.45, 7) is 0. The topological polar surface area (TPSA) is 64.7 Å². The van der Waals surface area contributed by atoms with Gasteiger partial charge in [0.05, 0.1) is 5.41 Å². The highest BCUT2D eigenvalue weighted by Crippen LogP contribution is 2.57. The number of nitrogens with two attached hydrogens (primary N) is 1. The van der Waals surface area contributed by atoms with Crippen LogP contribution in [0.3, 0.4) is 0 Å². The summed E-state index contributed by atoms with van der Waals surface area (Å²) in [5, 5.41) is 2.28. The molecule has 0 amide bonds. The van der Waals surface area contributed by atoms with Gasteiger partial charge in [-0.1, -0.05) is 140 Å². The maximum absolute atomic E-state index is 6.22. The van der Waals surface area contributed by atoms with Gasteiger partial charge in [-0.3, -0.25) is 0 Å². The highest BCUT2D eigenvalue weighted by molar-refractivity contribution is 5.97. The summed E-state index contributed by atoms with van der Waals surface area (Å²) in [5.41, 5.74) is 16.7. The first kappa shape index (κ1) is 27.9. The monoisotopic (exact) mass is 614 g/mol. The molecule has 0 fully saturated rings. The first-order chi connectivity index (χ1) is 23.7. The molecule has 7 aromatic carbocycles. The van der Waals surface area contributed by atoms with E-state index in [1.54, 1.807) is 0 Å². The molecular weight excluding hydrogens is 585 g/mol. The van der Waals surface area contributed by atoms with Crippen molar-refractivity contribution in [3.05, 3.63) is 192 Å². The average Bonchev–Trinajstić information content (AvgIpc) is 3.44. The molecule has 0 bridgehead atoms. The van der Waals surface area contributed by atoms with Gasteiger partial charge in [0.25, 0.3) is 0 Å². The van der Waals surface area contributed by atoms with Gasteiger partial charge in [-0.05, 0) is 74.5 Å². The van der Waals surface area contributed by atoms with Crippen molar-refractivity contribution < 1.29 is 0 Å². The fourth-order valence-electron chi connectivity index (χ4n) is 7.31. The smallest absolute Gasteiger partial charge is 0.164 e. The van der Waals surface area contributed by atoms with Crippen LogP contribution in [-0.4, -0.2) is 15.0 Å². The lowest BCUT2D eigenvalue weighted by atomic mass is 9.67. The Labute approximate surface area is 279 Å². The summed E-state index contributed by atoms with van der Waals surface area (Å²) in [5.74, 6) is 1.94. The molecule has 9 rings (SSSR count). The summed E-state index contributed by atoms with van der Waals surface area (Å²) in [6.07, 6.45) is 0. The van der Waals surface area contributed by atoms with Gasteiger partial charge in [0.1, 0.15) is 0 Å². The van der Waals surface area contributed by atoms with E-state index in [-0.39, 0.29) is 0 Å². The molecule has 8 aromatic rings. The number of hydrogen-bond donors (Lipinski definition) is 1. The lowest BCUT2D eigenvalue weighted by molar-refractivity contribution is 0.770. The number of hydrogen-bond acceptors (Lipinski definition) is 4. The van der Waals surface area contributed by atoms with Crippen molar-refractivity contribution in [2.45, 2.75) is 5.41 Å². The lowest BCUT2D eigenvalue weighted by Gasteiger charge is -2.34. The van der Waals surface area contributed by atoms with Gasteiger partial charge in [-0.25, -0.2) is 15.0 Å². The van der Waals surface area contributed by atoms with Crippen LogP contribution in [-0.2, 0) is 5.41 Å². The molecule has 1 aliphatic rings. The fraction of sp³-hybridized carbons (Fsp3) is 0.0227. The minimum Gasteiger partial charge on any atom is -0.399 e. The third-order valence-corrected chi connectivity index (χ3v) is 9.51. The zero-order chi connectivity index (χ0) is 32.1. The Bertz CT molecular complexity index is 2380. The van der Waals surface area contributed by atoms with Gasteiger partial charge in [0, 0.05) is 22.4 Å². The van der Waals surface area contributed by atoms with Crippen LogP contribution < -0.4 is 5.73 Å². The fourth-order valence-corrected chi connectivity index (χ4v) is 7.31. The molecule has 4 nitrogen and oxygen atoms in total. The highest BCUT2D eigenvalue weighted by Gasteiger charge is 2.46. The number of benzene rings is 7. The molecule has 4 heteroatoms. The number of anilines is 1. The zero-order valence-electron chi connectivity index (χ0n) is 26.1. The molecule has 0 saturated carbocycles. The van der Waals surface area contributed by atoms with E-state index in [2.05, 4.69) is 97.1 Å². The minimum absolute atomic E-state index is 0.515. The average molecular weight is 615 g/mol. The van der Waals surface area contributed by atoms with Crippen LogP contribution in [0.5, 0.6) is 0 Å². The quantitative estimate of drug-likeness (QED) is 0.196. The van der Waals surface area contributed by atoms with Crippen LogP contribution in [0.25, 0.3) is 56.1 Å². The van der Waals surface area contributed by atoms with Gasteiger partial charge in [-0.2, -0.15) is 0 Å². The van der Waals surface area contributed by atoms with Crippen LogP contribution in [0.1, 0.15) is 22.3 Å². The standard InChI is InChI=1S/C44H30N4/c45-36-24-22-35(23-25-36)44(34-16-8-3-9-17-34)39-19-11-10-18-37(39)38-27-31-20-21-32(26-33(31)28-40(38)44)43-47-41(29-12-4-1-5-13-29)46-42(48-43)30-14-6-2-7-15-30/h1-28H,45H2. The van der Waals surface area contributed by atoms with E-state index >= 15 is 0 Å². The van der Waals surface area contributed by atoms with Gasteiger partial charge in [0.15, 0.2) is 17.5 Å². The van der Waals surface area contributed by atoms with Crippen molar-refractivity contribution in [1.29, 1.82) is 0 Å². The summed E-state index contributed by atoms with van der Waals surface area (Å²) in [6, 6.07) is 59.4. The number of aromatic nitrogens is 3. The summed E-state index contributed by atoms with van der Waals surface area (Å²) in [4.78, 5) is 14.9. The minimum atomic E-state index is -0.515. The van der Waals surface area contributed by atoms with Crippen molar-refractivity contribution in [2.24, 2.45) is 0 Å². The molecule has 226 valence electrons. The Hall–Kier alpha value is -6.39. The number of nitrogens with zero attached hydrogens (tertiary/aromatic N) is 3. The second-order valence-corrected chi connectivity index (χ2v) is 12.3.